The Morgan fingerprint density at radius 3 is 2.42 bits per heavy atom. The molecular weight excluding hydrogens is 392 g/mol. The van der Waals surface area contributed by atoms with Crippen LogP contribution in [0.1, 0.15) is 34.3 Å². The number of carbonyl (C=O) groups is 2. The van der Waals surface area contributed by atoms with E-state index in [2.05, 4.69) is 0 Å². The highest BCUT2D eigenvalue weighted by molar-refractivity contribution is 5.94. The molecule has 2 fully saturated rings. The Morgan fingerprint density at radius 1 is 1.00 bits per heavy atom. The summed E-state index contributed by atoms with van der Waals surface area (Å²) in [4.78, 5) is 29.1. The van der Waals surface area contributed by atoms with E-state index in [1.807, 2.05) is 65.3 Å². The van der Waals surface area contributed by atoms with E-state index in [9.17, 15) is 9.59 Å². The number of rotatable bonds is 6. The second-order valence-electron chi connectivity index (χ2n) is 8.29. The molecule has 0 N–H and O–H groups in total. The summed E-state index contributed by atoms with van der Waals surface area (Å²) in [6, 6.07) is 15.5. The van der Waals surface area contributed by atoms with Crippen molar-refractivity contribution in [3.8, 4) is 5.75 Å². The van der Waals surface area contributed by atoms with E-state index in [0.717, 1.165) is 30.7 Å². The minimum atomic E-state index is 0.0264. The summed E-state index contributed by atoms with van der Waals surface area (Å²) in [6.07, 6.45) is 2.38. The third kappa shape index (κ3) is 5.44. The van der Waals surface area contributed by atoms with Gasteiger partial charge in [-0.3, -0.25) is 9.59 Å². The first-order chi connectivity index (χ1) is 15.1. The average molecular weight is 423 g/mol. The lowest BCUT2D eigenvalue weighted by atomic mass is 10.1. The van der Waals surface area contributed by atoms with Crippen LogP contribution in [0.25, 0.3) is 0 Å². The predicted molar refractivity (Wildman–Crippen MR) is 118 cm³/mol. The van der Waals surface area contributed by atoms with E-state index >= 15 is 0 Å². The Hall–Kier alpha value is -2.86. The van der Waals surface area contributed by atoms with Gasteiger partial charge >= 0.3 is 0 Å². The number of hydrogen-bond donors (Lipinski definition) is 0. The van der Waals surface area contributed by atoms with Gasteiger partial charge in [0.2, 0.25) is 5.91 Å². The van der Waals surface area contributed by atoms with Gasteiger partial charge in [0.05, 0.1) is 25.7 Å². The summed E-state index contributed by atoms with van der Waals surface area (Å²) in [6.45, 7) is 5.74. The second-order valence-corrected chi connectivity index (χ2v) is 8.29. The monoisotopic (exact) mass is 422 g/mol. The molecule has 2 aliphatic rings. The molecule has 2 amide bonds. The summed E-state index contributed by atoms with van der Waals surface area (Å²) in [5.41, 5.74) is 2.90. The van der Waals surface area contributed by atoms with Crippen molar-refractivity contribution in [1.82, 2.24) is 9.80 Å². The number of likely N-dealkylation sites (tertiary alicyclic amines) is 1. The fourth-order valence-corrected chi connectivity index (χ4v) is 4.15. The van der Waals surface area contributed by atoms with E-state index in [1.165, 1.54) is 5.56 Å². The fourth-order valence-electron chi connectivity index (χ4n) is 4.15. The molecule has 6 heteroatoms. The number of benzene rings is 2. The standard InChI is InChI=1S/C25H30N2O4/c1-19-4-6-20(7-5-19)17-24(28)27-12-2-3-22(27)18-31-23-10-8-21(9-11-23)25(29)26-13-15-30-16-14-26/h4-11,22H,2-3,12-18H2,1H3/t22-/m0/s1. The van der Waals surface area contributed by atoms with Crippen molar-refractivity contribution >= 4 is 11.8 Å². The molecule has 2 aromatic carbocycles. The lowest BCUT2D eigenvalue weighted by Gasteiger charge is -2.27. The van der Waals surface area contributed by atoms with Gasteiger partial charge in [0.1, 0.15) is 12.4 Å². The molecule has 2 aromatic rings. The van der Waals surface area contributed by atoms with Crippen LogP contribution < -0.4 is 4.74 Å². The molecule has 0 unspecified atom stereocenters. The number of aryl methyl sites for hydroxylation is 1. The molecule has 6 nitrogen and oxygen atoms in total. The predicted octanol–water partition coefficient (Wildman–Crippen LogP) is 3.08. The maximum Gasteiger partial charge on any atom is 0.254 e. The Bertz CT molecular complexity index is 889. The summed E-state index contributed by atoms with van der Waals surface area (Å²) in [5.74, 6) is 0.899. The van der Waals surface area contributed by atoms with Crippen LogP contribution in [0.5, 0.6) is 5.75 Å². The first kappa shape index (κ1) is 21.4. The van der Waals surface area contributed by atoms with Gasteiger partial charge in [-0.2, -0.15) is 0 Å². The number of nitrogens with zero attached hydrogens (tertiary/aromatic N) is 2. The summed E-state index contributed by atoms with van der Waals surface area (Å²) in [7, 11) is 0. The molecule has 2 aliphatic heterocycles. The number of amides is 2. The molecule has 0 aromatic heterocycles. The Labute approximate surface area is 183 Å². The van der Waals surface area contributed by atoms with Gasteiger partial charge < -0.3 is 19.3 Å². The van der Waals surface area contributed by atoms with Gasteiger partial charge in [0.25, 0.3) is 5.91 Å². The molecule has 4 rings (SSSR count). The largest absolute Gasteiger partial charge is 0.491 e. The SMILES string of the molecule is Cc1ccc(CC(=O)N2CCC[C@H]2COc2ccc(C(=O)N3CCOCC3)cc2)cc1. The average Bonchev–Trinajstić information content (AvgIpc) is 3.28. The minimum absolute atomic E-state index is 0.0264. The highest BCUT2D eigenvalue weighted by atomic mass is 16.5. The van der Waals surface area contributed by atoms with Crippen molar-refractivity contribution in [3.63, 3.8) is 0 Å². The van der Waals surface area contributed by atoms with Gasteiger partial charge in [-0.1, -0.05) is 29.8 Å². The van der Waals surface area contributed by atoms with Crippen molar-refractivity contribution in [2.45, 2.75) is 32.2 Å². The topological polar surface area (TPSA) is 59.1 Å². The normalized spacial score (nSPS) is 18.8. The van der Waals surface area contributed by atoms with Crippen LogP contribution in [-0.2, 0) is 16.0 Å². The zero-order valence-electron chi connectivity index (χ0n) is 18.1. The zero-order chi connectivity index (χ0) is 21.6. The van der Waals surface area contributed by atoms with Gasteiger partial charge in [0, 0.05) is 25.2 Å². The molecule has 2 saturated heterocycles. The third-order valence-corrected chi connectivity index (χ3v) is 6.02. The molecule has 31 heavy (non-hydrogen) atoms. The van der Waals surface area contributed by atoms with Gasteiger partial charge in [0.15, 0.2) is 0 Å². The van der Waals surface area contributed by atoms with Crippen molar-refractivity contribution in [2.75, 3.05) is 39.5 Å². The molecule has 0 aliphatic carbocycles. The van der Waals surface area contributed by atoms with Crippen molar-refractivity contribution in [3.05, 3.63) is 65.2 Å². The van der Waals surface area contributed by atoms with Crippen molar-refractivity contribution in [1.29, 1.82) is 0 Å². The van der Waals surface area contributed by atoms with Crippen LogP contribution in [0.4, 0.5) is 0 Å². The van der Waals surface area contributed by atoms with Crippen LogP contribution in [0.2, 0.25) is 0 Å². The van der Waals surface area contributed by atoms with E-state index in [1.54, 1.807) is 0 Å². The summed E-state index contributed by atoms with van der Waals surface area (Å²) < 4.78 is 11.3. The Kier molecular flexibility index (Phi) is 6.87. The van der Waals surface area contributed by atoms with Gasteiger partial charge in [-0.05, 0) is 49.6 Å². The number of hydrogen-bond acceptors (Lipinski definition) is 4. The van der Waals surface area contributed by atoms with Crippen LogP contribution in [0.3, 0.4) is 0 Å². The van der Waals surface area contributed by atoms with E-state index in [4.69, 9.17) is 9.47 Å². The fraction of sp³-hybridized carbons (Fsp3) is 0.440. The maximum atomic E-state index is 12.8. The quantitative estimate of drug-likeness (QED) is 0.718. The van der Waals surface area contributed by atoms with Crippen LogP contribution in [-0.4, -0.2) is 67.1 Å². The Balaban J connectivity index is 1.30. The van der Waals surface area contributed by atoms with Gasteiger partial charge in [-0.25, -0.2) is 0 Å². The first-order valence-electron chi connectivity index (χ1n) is 11.0. The lowest BCUT2D eigenvalue weighted by Crippen LogP contribution is -2.40. The third-order valence-electron chi connectivity index (χ3n) is 6.02. The number of carbonyl (C=O) groups excluding carboxylic acids is 2. The number of morpholine rings is 1. The van der Waals surface area contributed by atoms with E-state index in [-0.39, 0.29) is 17.9 Å². The molecule has 2 heterocycles. The van der Waals surface area contributed by atoms with Gasteiger partial charge in [-0.15, -0.1) is 0 Å². The molecule has 164 valence electrons. The minimum Gasteiger partial charge on any atom is -0.491 e. The molecule has 1 atom stereocenters. The molecule has 0 bridgehead atoms. The van der Waals surface area contributed by atoms with Crippen molar-refractivity contribution < 1.29 is 19.1 Å². The van der Waals surface area contributed by atoms with Crippen LogP contribution in [0.15, 0.2) is 48.5 Å². The number of ether oxygens (including phenoxy) is 2. The highest BCUT2D eigenvalue weighted by Gasteiger charge is 2.29. The molecular formula is C25H30N2O4. The summed E-state index contributed by atoms with van der Waals surface area (Å²) in [5, 5.41) is 0. The van der Waals surface area contributed by atoms with Crippen LogP contribution >= 0.6 is 0 Å². The molecule has 0 radical (unpaired) electrons. The lowest BCUT2D eigenvalue weighted by molar-refractivity contribution is -0.131. The smallest absolute Gasteiger partial charge is 0.254 e. The zero-order valence-corrected chi connectivity index (χ0v) is 18.1. The molecule has 0 spiro atoms. The second kappa shape index (κ2) is 9.96. The highest BCUT2D eigenvalue weighted by Crippen LogP contribution is 2.21. The first-order valence-corrected chi connectivity index (χ1v) is 11.0. The van der Waals surface area contributed by atoms with E-state index < -0.39 is 0 Å². The Morgan fingerprint density at radius 2 is 1.71 bits per heavy atom. The van der Waals surface area contributed by atoms with Crippen LogP contribution in [0, 0.1) is 6.92 Å². The molecule has 0 saturated carbocycles. The van der Waals surface area contributed by atoms with E-state index in [0.29, 0.717) is 44.9 Å². The maximum absolute atomic E-state index is 12.8. The van der Waals surface area contributed by atoms with Crippen molar-refractivity contribution in [2.24, 2.45) is 0 Å². The summed E-state index contributed by atoms with van der Waals surface area (Å²) >= 11 is 0.